The summed E-state index contributed by atoms with van der Waals surface area (Å²) in [6, 6.07) is 14.8. The molecule has 2 nitrogen and oxygen atoms in total. The smallest absolute Gasteiger partial charge is 0.0959 e. The van der Waals surface area contributed by atoms with Crippen molar-refractivity contribution >= 4 is 16.5 Å². The molecule has 0 spiro atoms. The van der Waals surface area contributed by atoms with E-state index in [1.807, 2.05) is 6.08 Å². The van der Waals surface area contributed by atoms with Gasteiger partial charge in [-0.1, -0.05) is 36.4 Å². The van der Waals surface area contributed by atoms with E-state index < -0.39 is 0 Å². The molecule has 0 aliphatic heterocycles. The number of anilines is 1. The van der Waals surface area contributed by atoms with E-state index in [2.05, 4.69) is 53.9 Å². The number of hydrogen-bond acceptors (Lipinski definition) is 2. The van der Waals surface area contributed by atoms with Gasteiger partial charge in [0.1, 0.15) is 0 Å². The number of methoxy groups -OCH3 is 1. The highest BCUT2D eigenvalue weighted by Crippen LogP contribution is 2.26. The Bertz CT molecular complexity index is 650. The van der Waals surface area contributed by atoms with Gasteiger partial charge in [0.15, 0.2) is 0 Å². The number of allylic oxidation sites excluding steroid dienone is 4. The van der Waals surface area contributed by atoms with E-state index in [0.717, 1.165) is 18.6 Å². The van der Waals surface area contributed by atoms with Gasteiger partial charge in [-0.25, -0.2) is 0 Å². The third-order valence-electron chi connectivity index (χ3n) is 3.46. The zero-order chi connectivity index (χ0) is 13.1. The van der Waals surface area contributed by atoms with Crippen LogP contribution in [-0.4, -0.2) is 7.11 Å². The van der Waals surface area contributed by atoms with Crippen molar-refractivity contribution in [3.05, 3.63) is 66.1 Å². The molecule has 19 heavy (non-hydrogen) atoms. The van der Waals surface area contributed by atoms with Crippen molar-refractivity contribution in [2.75, 3.05) is 12.4 Å². The second-order valence-corrected chi connectivity index (χ2v) is 4.68. The molecule has 0 radical (unpaired) electrons. The highest BCUT2D eigenvalue weighted by Gasteiger charge is 2.07. The third-order valence-corrected chi connectivity index (χ3v) is 3.46. The van der Waals surface area contributed by atoms with Crippen molar-refractivity contribution in [1.82, 2.24) is 0 Å². The molecular formula is C17H17NO. The number of ether oxygens (including phenoxy) is 1. The van der Waals surface area contributed by atoms with Crippen molar-refractivity contribution < 1.29 is 4.74 Å². The topological polar surface area (TPSA) is 21.3 Å². The maximum atomic E-state index is 5.25. The average molecular weight is 251 g/mol. The monoisotopic (exact) mass is 251 g/mol. The van der Waals surface area contributed by atoms with Crippen LogP contribution in [0, 0.1) is 0 Å². The number of fused-ring (bicyclic) bond motifs is 1. The van der Waals surface area contributed by atoms with Crippen molar-refractivity contribution in [1.29, 1.82) is 0 Å². The van der Waals surface area contributed by atoms with Gasteiger partial charge in [0.05, 0.1) is 12.9 Å². The lowest BCUT2D eigenvalue weighted by Crippen LogP contribution is -2.04. The van der Waals surface area contributed by atoms with Gasteiger partial charge in [-0.15, -0.1) is 0 Å². The van der Waals surface area contributed by atoms with Crippen LogP contribution < -0.4 is 5.32 Å². The molecule has 0 saturated carbocycles. The molecule has 3 rings (SSSR count). The molecule has 96 valence electrons. The number of nitrogens with one attached hydrogen (secondary N) is 1. The van der Waals surface area contributed by atoms with Crippen LogP contribution in [0.4, 0.5) is 5.69 Å². The predicted molar refractivity (Wildman–Crippen MR) is 80.0 cm³/mol. The summed E-state index contributed by atoms with van der Waals surface area (Å²) in [6.07, 6.45) is 6.09. The minimum Gasteiger partial charge on any atom is -0.501 e. The average Bonchev–Trinajstić information content (AvgIpc) is 2.48. The highest BCUT2D eigenvalue weighted by atomic mass is 16.5. The van der Waals surface area contributed by atoms with Gasteiger partial charge in [-0.3, -0.25) is 0 Å². The lowest BCUT2D eigenvalue weighted by atomic mass is 10.1. The predicted octanol–water partition coefficient (Wildman–Crippen LogP) is 4.46. The summed E-state index contributed by atoms with van der Waals surface area (Å²) in [5.41, 5.74) is 2.40. The van der Waals surface area contributed by atoms with E-state index in [9.17, 15) is 0 Å². The van der Waals surface area contributed by atoms with E-state index in [0.29, 0.717) is 0 Å². The van der Waals surface area contributed by atoms with Gasteiger partial charge in [-0.2, -0.15) is 0 Å². The SMILES string of the molecule is COC1=CC=C(Nc2cccc3ccccc23)CC1. The summed E-state index contributed by atoms with van der Waals surface area (Å²) in [5.74, 6) is 1.04. The molecule has 0 amide bonds. The van der Waals surface area contributed by atoms with E-state index in [4.69, 9.17) is 4.74 Å². The standard InChI is InChI=1S/C17H17NO/c1-19-15-11-9-14(10-12-15)18-17-8-4-6-13-5-2-3-7-16(13)17/h2-9,11,18H,10,12H2,1H3. The zero-order valence-corrected chi connectivity index (χ0v) is 11.0. The molecule has 1 aliphatic carbocycles. The molecule has 2 aromatic carbocycles. The van der Waals surface area contributed by atoms with Crippen LogP contribution in [0.1, 0.15) is 12.8 Å². The summed E-state index contributed by atoms with van der Waals surface area (Å²) in [7, 11) is 1.72. The number of hydrogen-bond donors (Lipinski definition) is 1. The maximum absolute atomic E-state index is 5.25. The van der Waals surface area contributed by atoms with Crippen LogP contribution in [-0.2, 0) is 4.74 Å². The Morgan fingerprint density at radius 2 is 1.79 bits per heavy atom. The fraction of sp³-hybridized carbons (Fsp3) is 0.176. The van der Waals surface area contributed by atoms with Gasteiger partial charge >= 0.3 is 0 Å². The van der Waals surface area contributed by atoms with Crippen LogP contribution in [0.15, 0.2) is 66.1 Å². The fourth-order valence-corrected chi connectivity index (χ4v) is 2.40. The molecule has 0 fully saturated rings. The van der Waals surface area contributed by atoms with Crippen molar-refractivity contribution in [3.63, 3.8) is 0 Å². The molecule has 0 atom stereocenters. The molecular weight excluding hydrogens is 234 g/mol. The molecule has 0 saturated heterocycles. The molecule has 2 heteroatoms. The Hall–Kier alpha value is -2.22. The van der Waals surface area contributed by atoms with Gasteiger partial charge < -0.3 is 10.1 Å². The van der Waals surface area contributed by atoms with Gasteiger partial charge in [-0.05, 0) is 30.0 Å². The van der Waals surface area contributed by atoms with Crippen LogP contribution in [0.5, 0.6) is 0 Å². The summed E-state index contributed by atoms with van der Waals surface area (Å²) >= 11 is 0. The molecule has 0 bridgehead atoms. The first-order valence-corrected chi connectivity index (χ1v) is 6.55. The summed E-state index contributed by atoms with van der Waals surface area (Å²) in [6.45, 7) is 0. The molecule has 0 aromatic heterocycles. The first-order valence-electron chi connectivity index (χ1n) is 6.55. The van der Waals surface area contributed by atoms with Crippen molar-refractivity contribution in [2.45, 2.75) is 12.8 Å². The largest absolute Gasteiger partial charge is 0.501 e. The highest BCUT2D eigenvalue weighted by molar-refractivity contribution is 5.94. The Balaban J connectivity index is 1.90. The van der Waals surface area contributed by atoms with E-state index in [-0.39, 0.29) is 0 Å². The lowest BCUT2D eigenvalue weighted by molar-refractivity contribution is 0.276. The molecule has 1 N–H and O–H groups in total. The summed E-state index contributed by atoms with van der Waals surface area (Å²) in [4.78, 5) is 0. The van der Waals surface area contributed by atoms with E-state index >= 15 is 0 Å². The van der Waals surface area contributed by atoms with Crippen LogP contribution in [0.25, 0.3) is 10.8 Å². The zero-order valence-electron chi connectivity index (χ0n) is 11.0. The molecule has 0 heterocycles. The summed E-state index contributed by atoms with van der Waals surface area (Å²) in [5, 5.41) is 6.05. The fourth-order valence-electron chi connectivity index (χ4n) is 2.40. The lowest BCUT2D eigenvalue weighted by Gasteiger charge is -2.17. The second-order valence-electron chi connectivity index (χ2n) is 4.68. The Morgan fingerprint density at radius 1 is 0.947 bits per heavy atom. The van der Waals surface area contributed by atoms with Gasteiger partial charge in [0.25, 0.3) is 0 Å². The number of rotatable bonds is 3. The molecule has 0 unspecified atom stereocenters. The first kappa shape index (κ1) is 11.8. The van der Waals surface area contributed by atoms with E-state index in [1.54, 1.807) is 7.11 Å². The van der Waals surface area contributed by atoms with Crippen molar-refractivity contribution in [3.8, 4) is 0 Å². The quantitative estimate of drug-likeness (QED) is 0.869. The van der Waals surface area contributed by atoms with Gasteiger partial charge in [0, 0.05) is 23.2 Å². The number of benzene rings is 2. The Labute approximate surface area is 113 Å². The van der Waals surface area contributed by atoms with Crippen LogP contribution >= 0.6 is 0 Å². The Kier molecular flexibility index (Phi) is 3.23. The minimum atomic E-state index is 0.958. The summed E-state index contributed by atoms with van der Waals surface area (Å²) < 4.78 is 5.25. The van der Waals surface area contributed by atoms with Gasteiger partial charge in [0.2, 0.25) is 0 Å². The minimum absolute atomic E-state index is 0.958. The van der Waals surface area contributed by atoms with Crippen molar-refractivity contribution in [2.24, 2.45) is 0 Å². The van der Waals surface area contributed by atoms with E-state index in [1.165, 1.54) is 22.2 Å². The maximum Gasteiger partial charge on any atom is 0.0959 e. The first-order chi connectivity index (χ1) is 9.36. The third kappa shape index (κ3) is 2.48. The normalized spacial score (nSPS) is 14.8. The molecule has 2 aromatic rings. The molecule has 1 aliphatic rings. The second kappa shape index (κ2) is 5.19. The Morgan fingerprint density at radius 3 is 2.58 bits per heavy atom. The van der Waals surface area contributed by atoms with Crippen LogP contribution in [0.2, 0.25) is 0 Å². The van der Waals surface area contributed by atoms with Crippen LogP contribution in [0.3, 0.4) is 0 Å².